The molecule has 0 unspecified atom stereocenters. The van der Waals surface area contributed by atoms with Gasteiger partial charge in [0.25, 0.3) is 20.0 Å². The molecule has 0 amide bonds. The average Bonchev–Trinajstić information content (AvgIpc) is 3.25. The molecule has 4 rings (SSSR count). The van der Waals surface area contributed by atoms with E-state index in [2.05, 4.69) is 9.47 Å². The molecular formula is C24H20F8N2O6S2. The largest absolute Gasteiger partial charge is 0.573 e. The zero-order valence-corrected chi connectivity index (χ0v) is 22.5. The molecule has 3 aromatic rings. The van der Waals surface area contributed by atoms with Crippen LogP contribution in [0, 0.1) is 18.6 Å². The lowest BCUT2D eigenvalue weighted by Gasteiger charge is -2.38. The van der Waals surface area contributed by atoms with Crippen molar-refractivity contribution in [3.63, 3.8) is 0 Å². The molecule has 0 aliphatic heterocycles. The lowest BCUT2D eigenvalue weighted by atomic mass is 9.83. The molecule has 1 heterocycles. The van der Waals surface area contributed by atoms with Crippen molar-refractivity contribution >= 4 is 25.7 Å². The van der Waals surface area contributed by atoms with E-state index in [1.807, 2.05) is 0 Å². The van der Waals surface area contributed by atoms with Crippen LogP contribution in [0.2, 0.25) is 0 Å². The van der Waals surface area contributed by atoms with Gasteiger partial charge in [-0.25, -0.2) is 29.6 Å². The minimum atomic E-state index is -5.44. The molecule has 1 aromatic heterocycles. The van der Waals surface area contributed by atoms with E-state index in [4.69, 9.17) is 4.11 Å². The number of aromatic nitrogens is 1. The number of aryl methyl sites for hydroxylation is 1. The van der Waals surface area contributed by atoms with Crippen molar-refractivity contribution < 1.29 is 65.5 Å². The molecular weight excluding hydrogens is 628 g/mol. The summed E-state index contributed by atoms with van der Waals surface area (Å²) in [6.45, 7) is 1.60. The highest BCUT2D eigenvalue weighted by Gasteiger charge is 2.58. The Bertz CT molecular complexity index is 1840. The Morgan fingerprint density at radius 2 is 1.64 bits per heavy atom. The van der Waals surface area contributed by atoms with Gasteiger partial charge in [0, 0.05) is 37.5 Å². The van der Waals surface area contributed by atoms with Gasteiger partial charge in [0.1, 0.15) is 4.90 Å². The lowest BCUT2D eigenvalue weighted by molar-refractivity contribution is -0.275. The number of nitrogens with one attached hydrogen (secondary N) is 1. The van der Waals surface area contributed by atoms with Crippen LogP contribution in [0.25, 0.3) is 0 Å². The molecule has 18 heteroatoms. The van der Waals surface area contributed by atoms with Crippen LogP contribution >= 0.6 is 0 Å². The van der Waals surface area contributed by atoms with Gasteiger partial charge in [0.15, 0.2) is 23.0 Å². The van der Waals surface area contributed by atoms with Gasteiger partial charge in [-0.3, -0.25) is 4.72 Å². The number of fused-ring (bicyclic) bond motifs is 1. The lowest BCUT2D eigenvalue weighted by Crippen LogP contribution is -2.51. The van der Waals surface area contributed by atoms with Crippen LogP contribution in [0.4, 0.5) is 40.8 Å². The van der Waals surface area contributed by atoms with E-state index < -0.39 is 109 Å². The zero-order valence-electron chi connectivity index (χ0n) is 23.9. The predicted molar refractivity (Wildman–Crippen MR) is 130 cm³/mol. The van der Waals surface area contributed by atoms with E-state index in [-0.39, 0.29) is 16.1 Å². The number of nitrogens with zero attached hydrogens (tertiary/aromatic N) is 1. The Kier molecular flexibility index (Phi) is 6.80. The summed E-state index contributed by atoms with van der Waals surface area (Å²) < 4.78 is 195. The van der Waals surface area contributed by atoms with Crippen molar-refractivity contribution in [2.75, 3.05) is 11.8 Å². The van der Waals surface area contributed by atoms with Crippen molar-refractivity contribution in [1.82, 2.24) is 3.97 Å². The van der Waals surface area contributed by atoms with Gasteiger partial charge in [0.05, 0.1) is 14.7 Å². The zero-order chi connectivity index (χ0) is 34.0. The Morgan fingerprint density at radius 1 is 1.00 bits per heavy atom. The Morgan fingerprint density at radius 3 is 2.21 bits per heavy atom. The Balaban J connectivity index is 1.89. The Hall–Kier alpha value is -3.38. The van der Waals surface area contributed by atoms with Crippen LogP contribution in [0.1, 0.15) is 27.4 Å². The van der Waals surface area contributed by atoms with Crippen molar-refractivity contribution in [3.05, 3.63) is 71.1 Å². The van der Waals surface area contributed by atoms with Gasteiger partial charge in [-0.2, -0.15) is 13.2 Å². The molecule has 2 aromatic carbocycles. The summed E-state index contributed by atoms with van der Waals surface area (Å²) in [6.07, 6.45) is -14.0. The molecule has 0 bridgehead atoms. The number of ether oxygens (including phenoxy) is 2. The highest BCUT2D eigenvalue weighted by molar-refractivity contribution is 7.93. The molecule has 0 saturated heterocycles. The van der Waals surface area contributed by atoms with Crippen LogP contribution in [-0.4, -0.2) is 46.0 Å². The molecule has 0 saturated carbocycles. The third-order valence-electron chi connectivity index (χ3n) is 6.45. The number of alkyl halides is 6. The SMILES string of the molecule is [2H]C([2H])([2H])O[C@]1(C(F)(F)F)CCc2c(S(=O)(=O)Nc3cc(F)c(OC(F)(F)F)cc3F)cn(S(=O)(=O)c3ccc(C)cc3)c2C1. The molecule has 1 aliphatic rings. The minimum Gasteiger partial charge on any atom is -0.403 e. The average molecular weight is 652 g/mol. The summed E-state index contributed by atoms with van der Waals surface area (Å²) >= 11 is 0. The predicted octanol–water partition coefficient (Wildman–Crippen LogP) is 5.45. The fraction of sp³-hybridized carbons (Fsp3) is 0.333. The van der Waals surface area contributed by atoms with E-state index >= 15 is 0 Å². The normalized spacial score (nSPS) is 19.4. The Labute approximate surface area is 238 Å². The molecule has 1 N–H and O–H groups in total. The maximum atomic E-state index is 14.6. The summed E-state index contributed by atoms with van der Waals surface area (Å²) in [5.74, 6) is -5.26. The van der Waals surface area contributed by atoms with E-state index in [1.54, 1.807) is 11.6 Å². The maximum Gasteiger partial charge on any atom is 0.573 e. The van der Waals surface area contributed by atoms with Crippen molar-refractivity contribution in [2.24, 2.45) is 0 Å². The number of methoxy groups -OCH3 is 1. The molecule has 0 radical (unpaired) electrons. The summed E-state index contributed by atoms with van der Waals surface area (Å²) in [5, 5.41) is 0. The minimum absolute atomic E-state index is 0.000701. The second-order valence-corrected chi connectivity index (χ2v) is 12.7. The number of hydrogen-bond donors (Lipinski definition) is 1. The molecule has 0 spiro atoms. The molecule has 42 heavy (non-hydrogen) atoms. The van der Waals surface area contributed by atoms with Gasteiger partial charge in [0.2, 0.25) is 0 Å². The third kappa shape index (κ3) is 5.78. The summed E-state index contributed by atoms with van der Waals surface area (Å²) in [7, 11) is -13.7. The number of sulfonamides is 1. The van der Waals surface area contributed by atoms with Crippen LogP contribution in [-0.2, 0) is 37.6 Å². The fourth-order valence-electron chi connectivity index (χ4n) is 4.34. The molecule has 0 fully saturated rings. The van der Waals surface area contributed by atoms with Gasteiger partial charge >= 0.3 is 12.5 Å². The summed E-state index contributed by atoms with van der Waals surface area (Å²) in [5.41, 5.74) is -5.55. The van der Waals surface area contributed by atoms with Gasteiger partial charge < -0.3 is 9.47 Å². The molecule has 1 aliphatic carbocycles. The molecule has 8 nitrogen and oxygen atoms in total. The second kappa shape index (κ2) is 10.4. The maximum absolute atomic E-state index is 14.6. The smallest absolute Gasteiger partial charge is 0.403 e. The van der Waals surface area contributed by atoms with Crippen LogP contribution in [0.3, 0.4) is 0 Å². The summed E-state index contributed by atoms with van der Waals surface area (Å²) in [6, 6.07) is 4.70. The van der Waals surface area contributed by atoms with E-state index in [1.165, 1.54) is 12.1 Å². The number of hydrogen-bond acceptors (Lipinski definition) is 6. The third-order valence-corrected chi connectivity index (χ3v) is 9.58. The van der Waals surface area contributed by atoms with Crippen molar-refractivity contribution in [2.45, 2.75) is 54.1 Å². The first kappa shape index (κ1) is 27.5. The van der Waals surface area contributed by atoms with Gasteiger partial charge in [-0.15, -0.1) is 13.2 Å². The number of halogens is 8. The first-order valence-corrected chi connectivity index (χ1v) is 14.4. The monoisotopic (exact) mass is 651 g/mol. The van der Waals surface area contributed by atoms with E-state index in [0.717, 1.165) is 12.1 Å². The topological polar surface area (TPSA) is 104 Å². The van der Waals surface area contributed by atoms with E-state index in [0.29, 0.717) is 11.8 Å². The van der Waals surface area contributed by atoms with E-state index in [9.17, 15) is 52.0 Å². The van der Waals surface area contributed by atoms with Crippen molar-refractivity contribution in [3.8, 4) is 5.75 Å². The van der Waals surface area contributed by atoms with Crippen LogP contribution in [0.15, 0.2) is 52.4 Å². The van der Waals surface area contributed by atoms with Gasteiger partial charge in [-0.1, -0.05) is 17.7 Å². The molecule has 1 atom stereocenters. The summed E-state index contributed by atoms with van der Waals surface area (Å²) in [4.78, 5) is -1.52. The van der Waals surface area contributed by atoms with Crippen LogP contribution in [0.5, 0.6) is 5.75 Å². The number of benzene rings is 2. The van der Waals surface area contributed by atoms with Crippen LogP contribution < -0.4 is 9.46 Å². The first-order chi connectivity index (χ1) is 20.4. The highest BCUT2D eigenvalue weighted by atomic mass is 32.2. The standard InChI is InChI=1S/C24H20F8N2O6S2/c1-13-3-5-14(6-4-13)42(37,38)34-12-21(15-7-8-22(39-2,11-19(15)34)23(27,28)29)41(35,36)33-18-9-17(26)20(10-16(18)25)40-24(30,31)32/h3-6,9-10,12,33H,7-8,11H2,1-2H3/t22-/m1/s1/i2D3. The van der Waals surface area contributed by atoms with Crippen molar-refractivity contribution in [1.29, 1.82) is 0 Å². The fourth-order valence-corrected chi connectivity index (χ4v) is 7.17. The number of rotatable bonds is 7. The first-order valence-electron chi connectivity index (χ1n) is 13.0. The molecule has 230 valence electrons. The number of anilines is 1. The quantitative estimate of drug-likeness (QED) is 0.341. The highest BCUT2D eigenvalue weighted by Crippen LogP contribution is 2.46. The second-order valence-electron chi connectivity index (χ2n) is 9.22. The van der Waals surface area contributed by atoms with Gasteiger partial charge in [-0.05, 0) is 37.5 Å².